The summed E-state index contributed by atoms with van der Waals surface area (Å²) in [6, 6.07) is 5.59. The van der Waals surface area contributed by atoms with E-state index in [-0.39, 0.29) is 37.8 Å². The fourth-order valence-corrected chi connectivity index (χ4v) is 8.63. The molecule has 0 aromatic heterocycles. The van der Waals surface area contributed by atoms with Crippen LogP contribution in [0.15, 0.2) is 30.4 Å². The normalized spacial score (nSPS) is 24.6. The molecule has 49 heavy (non-hydrogen) atoms. The molecular weight excluding hydrogens is 666 g/mol. The van der Waals surface area contributed by atoms with Gasteiger partial charge in [-0.3, -0.25) is 14.4 Å². The van der Waals surface area contributed by atoms with E-state index in [1.807, 2.05) is 20.8 Å². The van der Waals surface area contributed by atoms with Crippen molar-refractivity contribution >= 4 is 49.9 Å². The predicted octanol–water partition coefficient (Wildman–Crippen LogP) is 5.15. The molecule has 13 heteroatoms. The number of amides is 3. The minimum atomic E-state index is -2.18. The van der Waals surface area contributed by atoms with Gasteiger partial charge in [0, 0.05) is 31.9 Å². The molecule has 1 aromatic rings. The van der Waals surface area contributed by atoms with Crippen LogP contribution < -0.4 is 20.7 Å². The number of nitrogens with one attached hydrogen (secondary N) is 3. The highest BCUT2D eigenvalue weighted by molar-refractivity contribution is 6.73. The zero-order valence-corrected chi connectivity index (χ0v) is 32.3. The Hall–Kier alpha value is -3.22. The van der Waals surface area contributed by atoms with Gasteiger partial charge in [0.2, 0.25) is 17.7 Å². The molecule has 0 bridgehead atoms. The second-order valence-corrected chi connectivity index (χ2v) is 19.6. The van der Waals surface area contributed by atoms with E-state index in [1.54, 1.807) is 32.0 Å². The first-order chi connectivity index (χ1) is 22.9. The maximum Gasteiger partial charge on any atom is 0.328 e. The van der Waals surface area contributed by atoms with E-state index in [2.05, 4.69) is 36.7 Å². The first kappa shape index (κ1) is 41.9. The molecule has 3 amide bonds. The van der Waals surface area contributed by atoms with Crippen molar-refractivity contribution in [2.45, 2.75) is 111 Å². The smallest absolute Gasteiger partial charge is 0.328 e. The van der Waals surface area contributed by atoms with E-state index < -0.39 is 61.5 Å². The van der Waals surface area contributed by atoms with Crippen molar-refractivity contribution in [1.82, 2.24) is 16.0 Å². The minimum absolute atomic E-state index is 0.0107. The topological polar surface area (TPSA) is 149 Å². The molecule has 1 heterocycles. The first-order valence-electron chi connectivity index (χ1n) is 17.1. The van der Waals surface area contributed by atoms with Crippen LogP contribution in [0.1, 0.15) is 73.8 Å². The zero-order chi connectivity index (χ0) is 37.0. The molecule has 11 nitrogen and oxygen atoms in total. The van der Waals surface area contributed by atoms with E-state index in [0.29, 0.717) is 22.6 Å². The summed E-state index contributed by atoms with van der Waals surface area (Å²) in [6.45, 7) is 15.3. The maximum absolute atomic E-state index is 14.3. The van der Waals surface area contributed by atoms with Gasteiger partial charge in [-0.15, -0.1) is 0 Å². The van der Waals surface area contributed by atoms with Gasteiger partial charge in [0.15, 0.2) is 8.32 Å². The molecule has 0 saturated carbocycles. The second kappa shape index (κ2) is 18.7. The van der Waals surface area contributed by atoms with Crippen LogP contribution in [0.5, 0.6) is 5.75 Å². The van der Waals surface area contributed by atoms with E-state index in [4.69, 9.17) is 25.5 Å². The highest BCUT2D eigenvalue weighted by Gasteiger charge is 2.41. The number of cyclic esters (lactones) is 1. The quantitative estimate of drug-likeness (QED) is 0.153. The number of ether oxygens (including phenoxy) is 2. The lowest BCUT2D eigenvalue weighted by Gasteiger charge is -2.37. The Bertz CT molecular complexity index is 1340. The predicted molar refractivity (Wildman–Crippen MR) is 193 cm³/mol. The molecule has 1 aliphatic heterocycles. The van der Waals surface area contributed by atoms with Crippen LogP contribution in [0.2, 0.25) is 23.2 Å². The lowest BCUT2D eigenvalue weighted by atomic mass is 9.86. The monoisotopic (exact) mass is 721 g/mol. The number of methoxy groups -OCH3 is 1. The number of esters is 1. The molecule has 5 atom stereocenters. The summed E-state index contributed by atoms with van der Waals surface area (Å²) in [5.41, 5.74) is -1.00. The van der Waals surface area contributed by atoms with Crippen molar-refractivity contribution < 1.29 is 37.9 Å². The van der Waals surface area contributed by atoms with E-state index >= 15 is 0 Å². The average molecular weight is 722 g/mol. The number of aldehydes is 1. The summed E-state index contributed by atoms with van der Waals surface area (Å²) in [5, 5.41) is 8.92. The van der Waals surface area contributed by atoms with E-state index in [0.717, 1.165) is 18.1 Å². The summed E-state index contributed by atoms with van der Waals surface area (Å²) >= 11 is 6.35. The zero-order valence-electron chi connectivity index (χ0n) is 30.6. The van der Waals surface area contributed by atoms with Crippen LogP contribution in [0.25, 0.3) is 0 Å². The van der Waals surface area contributed by atoms with Gasteiger partial charge in [0.25, 0.3) is 0 Å². The number of halogens is 1. The van der Waals surface area contributed by atoms with Crippen LogP contribution in [0.3, 0.4) is 0 Å². The standard InChI is InChI=1S/C36H56ClN3O8Si/c1-10-49(11-2,12-3)47-23-36(8)22-38-32(43)27(19-25-16-17-30(46-9)26(37)18-25)39-31(42)15-13-14-29(24(4)21-41)48-33(44)28(40-34(36)45)20-35(5,6)7/h13,15-18,21,24,27-29H,10-12,14,19-20,22-23H2,1-9H3,(H,38,43)(H,39,42)(H,40,45)/b15-13-/t24-,27-,28+,29+,36?/m1/s1. The van der Waals surface area contributed by atoms with Crippen molar-refractivity contribution in [3.8, 4) is 5.75 Å². The number of rotatable bonds is 12. The largest absolute Gasteiger partial charge is 0.495 e. The maximum atomic E-state index is 14.3. The molecule has 1 aliphatic rings. The molecular formula is C36H56ClN3O8Si. The summed E-state index contributed by atoms with van der Waals surface area (Å²) in [5.74, 6) is -2.46. The average Bonchev–Trinajstić information content (AvgIpc) is 3.05. The molecule has 0 spiro atoms. The fourth-order valence-electron chi connectivity index (χ4n) is 5.61. The number of hydrogen-bond acceptors (Lipinski definition) is 8. The van der Waals surface area contributed by atoms with Crippen LogP contribution in [-0.4, -0.2) is 76.7 Å². The summed E-state index contributed by atoms with van der Waals surface area (Å²) in [7, 11) is -0.678. The minimum Gasteiger partial charge on any atom is -0.495 e. The van der Waals surface area contributed by atoms with Crippen molar-refractivity contribution in [1.29, 1.82) is 0 Å². The van der Waals surface area contributed by atoms with Crippen LogP contribution >= 0.6 is 11.6 Å². The third-order valence-electron chi connectivity index (χ3n) is 9.23. The Balaban J connectivity index is 2.61. The lowest BCUT2D eigenvalue weighted by Crippen LogP contribution is -2.57. The van der Waals surface area contributed by atoms with Crippen molar-refractivity contribution in [3.63, 3.8) is 0 Å². The number of benzene rings is 1. The Morgan fingerprint density at radius 2 is 1.73 bits per heavy atom. The van der Waals surface area contributed by atoms with Gasteiger partial charge in [-0.25, -0.2) is 4.79 Å². The van der Waals surface area contributed by atoms with Gasteiger partial charge < -0.3 is 34.6 Å². The Morgan fingerprint density at radius 1 is 1.08 bits per heavy atom. The highest BCUT2D eigenvalue weighted by Crippen LogP contribution is 2.29. The molecule has 274 valence electrons. The Labute approximate surface area is 297 Å². The van der Waals surface area contributed by atoms with Gasteiger partial charge in [0.1, 0.15) is 30.2 Å². The highest BCUT2D eigenvalue weighted by atomic mass is 35.5. The molecule has 0 saturated heterocycles. The summed E-state index contributed by atoms with van der Waals surface area (Å²) < 4.78 is 17.7. The number of hydrogen-bond donors (Lipinski definition) is 3. The Morgan fingerprint density at radius 3 is 2.29 bits per heavy atom. The molecule has 3 N–H and O–H groups in total. The molecule has 1 unspecified atom stereocenters. The number of carbonyl (C=O) groups is 5. The molecule has 1 aromatic carbocycles. The van der Waals surface area contributed by atoms with Crippen LogP contribution in [0.4, 0.5) is 0 Å². The van der Waals surface area contributed by atoms with Gasteiger partial charge in [-0.2, -0.15) is 0 Å². The van der Waals surface area contributed by atoms with Gasteiger partial charge in [0.05, 0.1) is 17.5 Å². The molecule has 0 aliphatic carbocycles. The van der Waals surface area contributed by atoms with Crippen molar-refractivity contribution in [2.75, 3.05) is 20.3 Å². The van der Waals surface area contributed by atoms with Gasteiger partial charge in [-0.05, 0) is 60.7 Å². The third-order valence-corrected chi connectivity index (χ3v) is 14.2. The fraction of sp³-hybridized carbons (Fsp3) is 0.639. The van der Waals surface area contributed by atoms with Crippen molar-refractivity contribution in [2.24, 2.45) is 16.7 Å². The van der Waals surface area contributed by atoms with E-state index in [1.165, 1.54) is 19.3 Å². The van der Waals surface area contributed by atoms with Crippen LogP contribution in [0, 0.1) is 16.7 Å². The molecule has 0 radical (unpaired) electrons. The number of carbonyl (C=O) groups excluding carboxylic acids is 5. The molecule has 0 fully saturated rings. The van der Waals surface area contributed by atoms with Gasteiger partial charge in [-0.1, -0.05) is 72.2 Å². The summed E-state index contributed by atoms with van der Waals surface area (Å²) in [6.07, 6.45) is 2.96. The summed E-state index contributed by atoms with van der Waals surface area (Å²) in [4.78, 5) is 66.6. The van der Waals surface area contributed by atoms with Gasteiger partial charge >= 0.3 is 5.97 Å². The first-order valence-corrected chi connectivity index (χ1v) is 20.0. The Kier molecular flexibility index (Phi) is 16.0. The third kappa shape index (κ3) is 12.6. The van der Waals surface area contributed by atoms with E-state index in [9.17, 15) is 24.0 Å². The van der Waals surface area contributed by atoms with Crippen LogP contribution in [-0.2, 0) is 39.6 Å². The molecule has 2 rings (SSSR count). The SMILES string of the molecule is CC[Si](CC)(CC)OCC1(C)CNC(=O)[C@@H](Cc2ccc(OC)c(Cl)c2)NC(=O)/C=C\C[C@@H]([C@H](C)C=O)OC(=O)[C@H](CC(C)(C)C)NC1=O. The second-order valence-electron chi connectivity index (χ2n) is 14.4. The lowest BCUT2D eigenvalue weighted by molar-refractivity contribution is -0.157. The van der Waals surface area contributed by atoms with Crippen molar-refractivity contribution in [3.05, 3.63) is 40.9 Å².